The van der Waals surface area contributed by atoms with Crippen molar-refractivity contribution in [2.24, 2.45) is 5.92 Å². The number of hydrogen-bond donors (Lipinski definition) is 0. The molecule has 0 spiro atoms. The molecule has 0 aromatic heterocycles. The fourth-order valence-electron chi connectivity index (χ4n) is 1.45. The number of likely N-dealkylation sites (tertiary alicyclic amines) is 1. The van der Waals surface area contributed by atoms with Crippen LogP contribution in [0.2, 0.25) is 0 Å². The van der Waals surface area contributed by atoms with E-state index in [9.17, 15) is 18.0 Å². The minimum atomic E-state index is -2.95. The molecule has 0 aromatic rings. The van der Waals surface area contributed by atoms with Gasteiger partial charge in [-0.1, -0.05) is 0 Å². The lowest BCUT2D eigenvalue weighted by atomic mass is 10.0. The van der Waals surface area contributed by atoms with E-state index in [0.29, 0.717) is 19.7 Å². The van der Waals surface area contributed by atoms with Crippen molar-refractivity contribution < 1.29 is 22.7 Å². The lowest BCUT2D eigenvalue weighted by molar-refractivity contribution is -0.154. The van der Waals surface area contributed by atoms with Crippen LogP contribution in [0.15, 0.2) is 0 Å². The molecule has 0 saturated carbocycles. The molecule has 1 fully saturated rings. The number of nitrogens with zero attached hydrogens (tertiary/aromatic N) is 1. The van der Waals surface area contributed by atoms with Crippen LogP contribution >= 0.6 is 0 Å². The zero-order valence-electron chi connectivity index (χ0n) is 8.46. The number of hydrogen-bond acceptors (Lipinski definition) is 3. The maximum absolute atomic E-state index is 12.6. The summed E-state index contributed by atoms with van der Waals surface area (Å²) < 4.78 is 41.0. The van der Waals surface area contributed by atoms with Gasteiger partial charge in [-0.15, -0.1) is 0 Å². The Morgan fingerprint density at radius 1 is 1.47 bits per heavy atom. The Morgan fingerprint density at radius 2 is 2.07 bits per heavy atom. The third-order valence-electron chi connectivity index (χ3n) is 2.28. The van der Waals surface area contributed by atoms with Crippen molar-refractivity contribution in [1.29, 1.82) is 0 Å². The van der Waals surface area contributed by atoms with Crippen molar-refractivity contribution in [1.82, 2.24) is 4.90 Å². The molecule has 15 heavy (non-hydrogen) atoms. The molecule has 0 aliphatic carbocycles. The summed E-state index contributed by atoms with van der Waals surface area (Å²) in [6, 6.07) is 0. The van der Waals surface area contributed by atoms with Crippen molar-refractivity contribution in [3.8, 4) is 0 Å². The van der Waals surface area contributed by atoms with Crippen molar-refractivity contribution in [2.45, 2.75) is 19.5 Å². The first-order chi connectivity index (χ1) is 7.04. The van der Waals surface area contributed by atoms with Crippen LogP contribution < -0.4 is 0 Å². The molecule has 3 nitrogen and oxygen atoms in total. The van der Waals surface area contributed by atoms with Crippen LogP contribution in [0.25, 0.3) is 0 Å². The molecule has 1 atom stereocenters. The van der Waals surface area contributed by atoms with E-state index in [0.717, 1.165) is 0 Å². The second kappa shape index (κ2) is 5.34. The summed E-state index contributed by atoms with van der Waals surface area (Å²) >= 11 is 0. The van der Waals surface area contributed by atoms with Gasteiger partial charge in [-0.25, -0.2) is 13.2 Å². The van der Waals surface area contributed by atoms with E-state index in [-0.39, 0.29) is 18.4 Å². The summed E-state index contributed by atoms with van der Waals surface area (Å²) in [7, 11) is 0. The summed E-state index contributed by atoms with van der Waals surface area (Å²) in [5, 5.41) is 0. The van der Waals surface area contributed by atoms with Gasteiger partial charge in [0.15, 0.2) is 6.17 Å². The first kappa shape index (κ1) is 12.3. The van der Waals surface area contributed by atoms with Gasteiger partial charge in [0, 0.05) is 19.6 Å². The number of carbonyl (C=O) groups is 1. The Hall–Kier alpha value is -0.780. The second-order valence-electron chi connectivity index (χ2n) is 3.52. The van der Waals surface area contributed by atoms with E-state index in [1.54, 1.807) is 6.92 Å². The molecule has 6 heteroatoms. The van der Waals surface area contributed by atoms with Crippen molar-refractivity contribution in [3.05, 3.63) is 0 Å². The SMILES string of the molecule is CCOC(=O)C1CN(CC(F)C(F)F)C1. The van der Waals surface area contributed by atoms with Gasteiger partial charge < -0.3 is 4.74 Å². The highest BCUT2D eigenvalue weighted by atomic mass is 19.3. The third-order valence-corrected chi connectivity index (χ3v) is 2.28. The Balaban J connectivity index is 2.17. The molecule has 1 aliphatic heterocycles. The van der Waals surface area contributed by atoms with E-state index in [4.69, 9.17) is 4.74 Å². The third kappa shape index (κ3) is 3.37. The summed E-state index contributed by atoms with van der Waals surface area (Å²) in [6.07, 6.45) is -5.08. The minimum Gasteiger partial charge on any atom is -0.466 e. The second-order valence-corrected chi connectivity index (χ2v) is 3.52. The topological polar surface area (TPSA) is 29.5 Å². The first-order valence-corrected chi connectivity index (χ1v) is 4.85. The average Bonchev–Trinajstić information content (AvgIpc) is 2.10. The predicted molar refractivity (Wildman–Crippen MR) is 47.5 cm³/mol. The predicted octanol–water partition coefficient (Wildman–Crippen LogP) is 1.08. The number of halogens is 3. The van der Waals surface area contributed by atoms with E-state index in [2.05, 4.69) is 0 Å². The molecular weight excluding hydrogens is 211 g/mol. The Morgan fingerprint density at radius 3 is 2.53 bits per heavy atom. The fourth-order valence-corrected chi connectivity index (χ4v) is 1.45. The van der Waals surface area contributed by atoms with Crippen LogP contribution in [-0.2, 0) is 9.53 Å². The number of rotatable bonds is 5. The smallest absolute Gasteiger partial charge is 0.311 e. The Labute approximate surface area is 86.2 Å². The van der Waals surface area contributed by atoms with Gasteiger partial charge in [-0.3, -0.25) is 9.69 Å². The Kier molecular flexibility index (Phi) is 4.38. The van der Waals surface area contributed by atoms with Crippen LogP contribution in [-0.4, -0.2) is 49.7 Å². The molecule has 1 rings (SSSR count). The number of ether oxygens (including phenoxy) is 1. The van der Waals surface area contributed by atoms with Gasteiger partial charge in [-0.05, 0) is 6.92 Å². The quantitative estimate of drug-likeness (QED) is 0.656. The van der Waals surface area contributed by atoms with Crippen LogP contribution in [0.5, 0.6) is 0 Å². The molecule has 0 amide bonds. The molecule has 1 aliphatic rings. The summed E-state index contributed by atoms with van der Waals surface area (Å²) in [6.45, 7) is 2.31. The maximum Gasteiger partial charge on any atom is 0.311 e. The lowest BCUT2D eigenvalue weighted by Gasteiger charge is -2.37. The summed E-state index contributed by atoms with van der Waals surface area (Å²) in [5.74, 6) is -0.615. The number of carbonyl (C=O) groups excluding carboxylic acids is 1. The van der Waals surface area contributed by atoms with Gasteiger partial charge in [-0.2, -0.15) is 0 Å². The van der Waals surface area contributed by atoms with Crippen LogP contribution in [0.4, 0.5) is 13.2 Å². The van der Waals surface area contributed by atoms with Gasteiger partial charge in [0.2, 0.25) is 0 Å². The molecule has 88 valence electrons. The standard InChI is InChI=1S/C9H14F3NO2/c1-2-15-9(14)6-3-13(4-6)5-7(10)8(11)12/h6-8H,2-5H2,1H3. The summed E-state index contributed by atoms with van der Waals surface area (Å²) in [5.41, 5.74) is 0. The maximum atomic E-state index is 12.6. The van der Waals surface area contributed by atoms with Crippen LogP contribution in [0.3, 0.4) is 0 Å². The highest BCUT2D eigenvalue weighted by molar-refractivity contribution is 5.73. The van der Waals surface area contributed by atoms with Gasteiger partial charge in [0.1, 0.15) is 0 Å². The highest BCUT2D eigenvalue weighted by Gasteiger charge is 2.36. The monoisotopic (exact) mass is 225 g/mol. The molecule has 1 saturated heterocycles. The lowest BCUT2D eigenvalue weighted by Crippen LogP contribution is -2.53. The van der Waals surface area contributed by atoms with Crippen LogP contribution in [0.1, 0.15) is 6.92 Å². The zero-order valence-corrected chi connectivity index (χ0v) is 8.46. The molecule has 1 heterocycles. The summed E-state index contributed by atoms with van der Waals surface area (Å²) in [4.78, 5) is 12.6. The van der Waals surface area contributed by atoms with Crippen molar-refractivity contribution >= 4 is 5.97 Å². The average molecular weight is 225 g/mol. The van der Waals surface area contributed by atoms with Gasteiger partial charge in [0.05, 0.1) is 12.5 Å². The molecule has 0 N–H and O–H groups in total. The van der Waals surface area contributed by atoms with E-state index < -0.39 is 12.6 Å². The number of alkyl halides is 3. The minimum absolute atomic E-state index is 0.283. The van der Waals surface area contributed by atoms with E-state index in [1.807, 2.05) is 0 Å². The highest BCUT2D eigenvalue weighted by Crippen LogP contribution is 2.19. The van der Waals surface area contributed by atoms with E-state index >= 15 is 0 Å². The van der Waals surface area contributed by atoms with Gasteiger partial charge >= 0.3 is 5.97 Å². The molecule has 0 aromatic carbocycles. The molecule has 1 unspecified atom stereocenters. The molecular formula is C9H14F3NO2. The van der Waals surface area contributed by atoms with Crippen molar-refractivity contribution in [2.75, 3.05) is 26.2 Å². The first-order valence-electron chi connectivity index (χ1n) is 4.85. The number of esters is 1. The largest absolute Gasteiger partial charge is 0.466 e. The van der Waals surface area contributed by atoms with Crippen molar-refractivity contribution in [3.63, 3.8) is 0 Å². The molecule has 0 bridgehead atoms. The fraction of sp³-hybridized carbons (Fsp3) is 0.889. The molecule has 0 radical (unpaired) electrons. The normalized spacial score (nSPS) is 20.1. The Bertz CT molecular complexity index is 219. The zero-order chi connectivity index (χ0) is 11.4. The van der Waals surface area contributed by atoms with Gasteiger partial charge in [0.25, 0.3) is 6.43 Å². The van der Waals surface area contributed by atoms with Crippen LogP contribution in [0, 0.1) is 5.92 Å². The van der Waals surface area contributed by atoms with E-state index in [1.165, 1.54) is 4.90 Å².